The molecule has 0 saturated heterocycles. The number of hydrogen-bond acceptors (Lipinski definition) is 3. The van der Waals surface area contributed by atoms with Crippen molar-refractivity contribution in [1.82, 2.24) is 4.98 Å². The van der Waals surface area contributed by atoms with E-state index in [1.165, 1.54) is 0 Å². The summed E-state index contributed by atoms with van der Waals surface area (Å²) in [7, 11) is 0. The summed E-state index contributed by atoms with van der Waals surface area (Å²) in [6.45, 7) is 5.39. The molecule has 6 heteroatoms. The molecule has 0 aliphatic rings. The lowest BCUT2D eigenvalue weighted by Crippen LogP contribution is -2.27. The fourth-order valence-electron chi connectivity index (χ4n) is 1.08. The summed E-state index contributed by atoms with van der Waals surface area (Å²) in [5.74, 6) is 0.675. The molecule has 1 aromatic heterocycles. The zero-order valence-corrected chi connectivity index (χ0v) is 12.2. The number of nitrogens with one attached hydrogen (secondary N) is 1. The van der Waals surface area contributed by atoms with Gasteiger partial charge in [-0.15, -0.1) is 11.6 Å². The van der Waals surface area contributed by atoms with Crippen molar-refractivity contribution in [3.8, 4) is 0 Å². The molecule has 0 saturated carbocycles. The van der Waals surface area contributed by atoms with Gasteiger partial charge in [-0.3, -0.25) is 5.32 Å². The van der Waals surface area contributed by atoms with Gasteiger partial charge in [0.25, 0.3) is 0 Å². The first-order valence-corrected chi connectivity index (χ1v) is 6.36. The van der Waals surface area contributed by atoms with Crippen molar-refractivity contribution in [3.05, 3.63) is 22.3 Å². The van der Waals surface area contributed by atoms with Gasteiger partial charge in [0.2, 0.25) is 0 Å². The van der Waals surface area contributed by atoms with Crippen molar-refractivity contribution in [2.24, 2.45) is 0 Å². The second-order valence-electron chi connectivity index (χ2n) is 4.40. The van der Waals surface area contributed by atoms with Crippen LogP contribution in [0.2, 0.25) is 0 Å². The summed E-state index contributed by atoms with van der Waals surface area (Å²) in [6.07, 6.45) is -0.547. The Morgan fingerprint density at radius 2 is 2.18 bits per heavy atom. The van der Waals surface area contributed by atoms with Crippen LogP contribution in [0.5, 0.6) is 0 Å². The number of amides is 1. The third-order valence-electron chi connectivity index (χ3n) is 1.71. The Kier molecular flexibility index (Phi) is 4.77. The lowest BCUT2D eigenvalue weighted by Gasteiger charge is -2.20. The van der Waals surface area contributed by atoms with E-state index in [1.807, 2.05) is 0 Å². The fraction of sp³-hybridized carbons (Fsp3) is 0.455. The molecule has 1 amide bonds. The monoisotopic (exact) mass is 320 g/mol. The number of halogens is 2. The van der Waals surface area contributed by atoms with E-state index in [0.717, 1.165) is 5.56 Å². The van der Waals surface area contributed by atoms with E-state index in [2.05, 4.69) is 26.2 Å². The molecule has 0 unspecified atom stereocenters. The van der Waals surface area contributed by atoms with E-state index in [9.17, 15) is 4.79 Å². The SMILES string of the molecule is CC(C)(C)OC(=O)Nc1nc(Br)ccc1CCl. The fourth-order valence-corrected chi connectivity index (χ4v) is 1.61. The maximum atomic E-state index is 11.6. The highest BCUT2D eigenvalue weighted by molar-refractivity contribution is 9.10. The molecule has 0 bridgehead atoms. The zero-order chi connectivity index (χ0) is 13.1. The van der Waals surface area contributed by atoms with Crippen LogP contribution in [0, 0.1) is 0 Å². The van der Waals surface area contributed by atoms with Gasteiger partial charge < -0.3 is 4.74 Å². The molecule has 0 aliphatic carbocycles. The smallest absolute Gasteiger partial charge is 0.413 e. The molecule has 0 radical (unpaired) electrons. The number of alkyl halides is 1. The van der Waals surface area contributed by atoms with Crippen LogP contribution < -0.4 is 5.32 Å². The van der Waals surface area contributed by atoms with Gasteiger partial charge in [0.15, 0.2) is 0 Å². The number of nitrogens with zero attached hydrogens (tertiary/aromatic N) is 1. The molecule has 1 aromatic rings. The van der Waals surface area contributed by atoms with Crippen LogP contribution in [0.15, 0.2) is 16.7 Å². The summed E-state index contributed by atoms with van der Waals surface area (Å²) >= 11 is 8.98. The second-order valence-corrected chi connectivity index (χ2v) is 5.48. The number of ether oxygens (including phenoxy) is 1. The largest absolute Gasteiger partial charge is 0.444 e. The van der Waals surface area contributed by atoms with Gasteiger partial charge >= 0.3 is 6.09 Å². The molecule has 0 aromatic carbocycles. The number of carbonyl (C=O) groups is 1. The Morgan fingerprint density at radius 1 is 1.53 bits per heavy atom. The molecular formula is C11H14BrClN2O2. The van der Waals surface area contributed by atoms with Crippen LogP contribution >= 0.6 is 27.5 Å². The predicted octanol–water partition coefficient (Wildman–Crippen LogP) is 3.93. The van der Waals surface area contributed by atoms with Crippen molar-refractivity contribution in [2.75, 3.05) is 5.32 Å². The highest BCUT2D eigenvalue weighted by Gasteiger charge is 2.17. The Labute approximate surface area is 114 Å². The summed E-state index contributed by atoms with van der Waals surface area (Å²) in [5, 5.41) is 2.57. The molecule has 17 heavy (non-hydrogen) atoms. The number of rotatable bonds is 2. The molecule has 0 fully saturated rings. The van der Waals surface area contributed by atoms with Crippen LogP contribution in [0.25, 0.3) is 0 Å². The van der Waals surface area contributed by atoms with Crippen LogP contribution in [0.1, 0.15) is 26.3 Å². The maximum absolute atomic E-state index is 11.6. The van der Waals surface area contributed by atoms with Gasteiger partial charge in [-0.2, -0.15) is 0 Å². The maximum Gasteiger partial charge on any atom is 0.413 e. The minimum absolute atomic E-state index is 0.269. The van der Waals surface area contributed by atoms with Gasteiger partial charge in [-0.25, -0.2) is 9.78 Å². The van der Waals surface area contributed by atoms with Gasteiger partial charge in [0.1, 0.15) is 16.0 Å². The lowest BCUT2D eigenvalue weighted by molar-refractivity contribution is 0.0635. The quantitative estimate of drug-likeness (QED) is 0.663. The first-order chi connectivity index (χ1) is 7.81. The standard InChI is InChI=1S/C11H14BrClN2O2/c1-11(2,3)17-10(16)15-9-7(6-13)4-5-8(12)14-9/h4-5H,6H2,1-3H3,(H,14,15,16). The first-order valence-electron chi connectivity index (χ1n) is 5.03. The van der Waals surface area contributed by atoms with Crippen molar-refractivity contribution in [1.29, 1.82) is 0 Å². The number of aromatic nitrogens is 1. The van der Waals surface area contributed by atoms with Crippen molar-refractivity contribution >= 4 is 39.4 Å². The highest BCUT2D eigenvalue weighted by atomic mass is 79.9. The van der Waals surface area contributed by atoms with Crippen molar-refractivity contribution < 1.29 is 9.53 Å². The minimum Gasteiger partial charge on any atom is -0.444 e. The van der Waals surface area contributed by atoms with Crippen LogP contribution in [0.4, 0.5) is 10.6 Å². The average molecular weight is 322 g/mol. The Balaban J connectivity index is 2.80. The topological polar surface area (TPSA) is 51.2 Å². The molecule has 4 nitrogen and oxygen atoms in total. The average Bonchev–Trinajstić information content (AvgIpc) is 2.14. The normalized spacial score (nSPS) is 11.1. The van der Waals surface area contributed by atoms with Gasteiger partial charge in [0.05, 0.1) is 5.88 Å². The van der Waals surface area contributed by atoms with E-state index in [-0.39, 0.29) is 5.88 Å². The third kappa shape index (κ3) is 4.91. The minimum atomic E-state index is -0.547. The molecule has 0 atom stereocenters. The Morgan fingerprint density at radius 3 is 2.71 bits per heavy atom. The highest BCUT2D eigenvalue weighted by Crippen LogP contribution is 2.19. The number of carbonyl (C=O) groups excluding carboxylic acids is 1. The first kappa shape index (κ1) is 14.3. The summed E-state index contributed by atoms with van der Waals surface area (Å²) < 4.78 is 5.76. The van der Waals surface area contributed by atoms with E-state index in [4.69, 9.17) is 16.3 Å². The van der Waals surface area contributed by atoms with Gasteiger partial charge in [-0.05, 0) is 42.8 Å². The van der Waals surface area contributed by atoms with Crippen molar-refractivity contribution in [2.45, 2.75) is 32.3 Å². The Bertz CT molecular complexity index is 418. The second kappa shape index (κ2) is 5.69. The van der Waals surface area contributed by atoms with Gasteiger partial charge in [-0.1, -0.05) is 6.07 Å². The number of hydrogen-bond donors (Lipinski definition) is 1. The predicted molar refractivity (Wildman–Crippen MR) is 71.4 cm³/mol. The van der Waals surface area contributed by atoms with Gasteiger partial charge in [0, 0.05) is 5.56 Å². The molecule has 0 aliphatic heterocycles. The zero-order valence-electron chi connectivity index (χ0n) is 9.88. The van der Waals surface area contributed by atoms with Crippen molar-refractivity contribution in [3.63, 3.8) is 0 Å². The molecule has 1 N–H and O–H groups in total. The van der Waals surface area contributed by atoms with Crippen LogP contribution in [0.3, 0.4) is 0 Å². The summed E-state index contributed by atoms with van der Waals surface area (Å²) in [5.41, 5.74) is 0.192. The molecular weight excluding hydrogens is 307 g/mol. The molecule has 1 rings (SSSR count). The summed E-state index contributed by atoms with van der Waals surface area (Å²) in [6, 6.07) is 3.55. The molecule has 94 valence electrons. The number of anilines is 1. The lowest BCUT2D eigenvalue weighted by atomic mass is 10.2. The molecule has 0 spiro atoms. The van der Waals surface area contributed by atoms with E-state index < -0.39 is 11.7 Å². The van der Waals surface area contributed by atoms with E-state index in [0.29, 0.717) is 10.4 Å². The Hall–Kier alpha value is -0.810. The van der Waals surface area contributed by atoms with E-state index in [1.54, 1.807) is 32.9 Å². The van der Waals surface area contributed by atoms with Crippen LogP contribution in [-0.2, 0) is 10.6 Å². The number of pyridine rings is 1. The van der Waals surface area contributed by atoms with Crippen LogP contribution in [-0.4, -0.2) is 16.7 Å². The summed E-state index contributed by atoms with van der Waals surface area (Å²) in [4.78, 5) is 15.7. The molecule has 1 heterocycles. The van der Waals surface area contributed by atoms with E-state index >= 15 is 0 Å². The third-order valence-corrected chi connectivity index (χ3v) is 2.44.